The molecule has 1 aliphatic rings. The SMILES string of the molecule is N#C[C@@H](/C=C/c1ccccc1)[NH+]1CCOCC1. The summed E-state index contributed by atoms with van der Waals surface area (Å²) in [6.07, 6.45) is 4.02. The van der Waals surface area contributed by atoms with Crippen LogP contribution in [0.1, 0.15) is 5.56 Å². The largest absolute Gasteiger partial charge is 0.370 e. The second-order valence-corrected chi connectivity index (χ2v) is 4.15. The molecule has 88 valence electrons. The molecular formula is C14H17N2O+. The number of nitrogens with one attached hydrogen (secondary N) is 1. The third kappa shape index (κ3) is 3.42. The molecule has 0 bridgehead atoms. The first-order chi connectivity index (χ1) is 8.40. The fraction of sp³-hybridized carbons (Fsp3) is 0.357. The monoisotopic (exact) mass is 229 g/mol. The van der Waals surface area contributed by atoms with Gasteiger partial charge in [-0.1, -0.05) is 36.4 Å². The van der Waals surface area contributed by atoms with Crippen LogP contribution in [0, 0.1) is 11.3 Å². The predicted octanol–water partition coefficient (Wildman–Crippen LogP) is 0.507. The molecule has 2 rings (SSSR count). The van der Waals surface area contributed by atoms with Crippen LogP contribution in [0.4, 0.5) is 0 Å². The molecule has 3 heteroatoms. The first-order valence-electron chi connectivity index (χ1n) is 5.95. The lowest BCUT2D eigenvalue weighted by atomic mass is 10.1. The molecule has 1 N–H and O–H groups in total. The van der Waals surface area contributed by atoms with Crippen molar-refractivity contribution in [2.75, 3.05) is 26.3 Å². The molecule has 0 aliphatic carbocycles. The van der Waals surface area contributed by atoms with Crippen molar-refractivity contribution in [3.63, 3.8) is 0 Å². The number of rotatable bonds is 3. The number of hydrogen-bond donors (Lipinski definition) is 1. The number of morpholine rings is 1. The van der Waals surface area contributed by atoms with E-state index < -0.39 is 0 Å². The Morgan fingerprint density at radius 2 is 1.94 bits per heavy atom. The van der Waals surface area contributed by atoms with Crippen LogP contribution in [-0.4, -0.2) is 32.3 Å². The van der Waals surface area contributed by atoms with Gasteiger partial charge in [-0.15, -0.1) is 0 Å². The number of benzene rings is 1. The molecule has 1 fully saturated rings. The van der Waals surface area contributed by atoms with Crippen LogP contribution in [0.25, 0.3) is 6.08 Å². The summed E-state index contributed by atoms with van der Waals surface area (Å²) in [6, 6.07) is 12.4. The lowest BCUT2D eigenvalue weighted by molar-refractivity contribution is -0.918. The Morgan fingerprint density at radius 3 is 2.59 bits per heavy atom. The van der Waals surface area contributed by atoms with Crippen LogP contribution in [0.3, 0.4) is 0 Å². The zero-order chi connectivity index (χ0) is 11.9. The Balaban J connectivity index is 2.00. The zero-order valence-corrected chi connectivity index (χ0v) is 9.80. The highest BCUT2D eigenvalue weighted by atomic mass is 16.5. The van der Waals surface area contributed by atoms with Crippen molar-refractivity contribution >= 4 is 6.08 Å². The first kappa shape index (κ1) is 11.8. The maximum atomic E-state index is 9.19. The van der Waals surface area contributed by atoms with Crippen molar-refractivity contribution in [2.24, 2.45) is 0 Å². The van der Waals surface area contributed by atoms with E-state index in [0.717, 1.165) is 31.9 Å². The number of ether oxygens (including phenoxy) is 1. The minimum Gasteiger partial charge on any atom is -0.370 e. The van der Waals surface area contributed by atoms with Crippen molar-refractivity contribution in [3.05, 3.63) is 42.0 Å². The maximum Gasteiger partial charge on any atom is 0.194 e. The Bertz CT molecular complexity index is 402. The number of quaternary nitrogens is 1. The van der Waals surface area contributed by atoms with Gasteiger partial charge in [-0.05, 0) is 11.6 Å². The average molecular weight is 229 g/mol. The second kappa shape index (κ2) is 6.19. The normalized spacial score (nSPS) is 19.0. The minimum atomic E-state index is -0.0703. The summed E-state index contributed by atoms with van der Waals surface area (Å²) in [6.45, 7) is 3.34. The predicted molar refractivity (Wildman–Crippen MR) is 66.4 cm³/mol. The van der Waals surface area contributed by atoms with E-state index in [1.54, 1.807) is 0 Å². The van der Waals surface area contributed by atoms with Gasteiger partial charge in [-0.25, -0.2) is 0 Å². The van der Waals surface area contributed by atoms with E-state index in [9.17, 15) is 5.26 Å². The molecule has 0 radical (unpaired) electrons. The van der Waals surface area contributed by atoms with E-state index in [1.165, 1.54) is 4.90 Å². The number of hydrogen-bond acceptors (Lipinski definition) is 2. The highest BCUT2D eigenvalue weighted by molar-refractivity contribution is 5.49. The maximum absolute atomic E-state index is 9.19. The Labute approximate surface area is 102 Å². The molecule has 0 aromatic heterocycles. The highest BCUT2D eigenvalue weighted by Crippen LogP contribution is 2.01. The fourth-order valence-corrected chi connectivity index (χ4v) is 1.99. The van der Waals surface area contributed by atoms with Crippen LogP contribution >= 0.6 is 0 Å². The third-order valence-corrected chi connectivity index (χ3v) is 2.99. The zero-order valence-electron chi connectivity index (χ0n) is 9.80. The summed E-state index contributed by atoms with van der Waals surface area (Å²) in [7, 11) is 0. The number of nitrogens with zero attached hydrogens (tertiary/aromatic N) is 1. The van der Waals surface area contributed by atoms with Crippen molar-refractivity contribution in [2.45, 2.75) is 6.04 Å². The summed E-state index contributed by atoms with van der Waals surface area (Å²) in [5.74, 6) is 0. The molecule has 0 amide bonds. The van der Waals surface area contributed by atoms with Crippen LogP contribution in [-0.2, 0) is 4.74 Å². The van der Waals surface area contributed by atoms with Crippen molar-refractivity contribution in [1.29, 1.82) is 5.26 Å². The third-order valence-electron chi connectivity index (χ3n) is 2.99. The standard InChI is InChI=1S/C14H16N2O/c15-12-14(16-8-10-17-11-9-16)7-6-13-4-2-1-3-5-13/h1-7,14H,8-11H2/p+1/b7-6+/t14-/m1/s1. The van der Waals surface area contributed by atoms with Gasteiger partial charge in [0.1, 0.15) is 19.2 Å². The van der Waals surface area contributed by atoms with Gasteiger partial charge < -0.3 is 9.64 Å². The summed E-state index contributed by atoms with van der Waals surface area (Å²) < 4.78 is 5.30. The van der Waals surface area contributed by atoms with Gasteiger partial charge in [0.05, 0.1) is 13.2 Å². The summed E-state index contributed by atoms with van der Waals surface area (Å²) in [5.41, 5.74) is 1.14. The molecule has 3 nitrogen and oxygen atoms in total. The van der Waals surface area contributed by atoms with E-state index in [2.05, 4.69) is 6.07 Å². The van der Waals surface area contributed by atoms with Gasteiger partial charge in [0, 0.05) is 0 Å². The van der Waals surface area contributed by atoms with Gasteiger partial charge in [-0.2, -0.15) is 5.26 Å². The first-order valence-corrected chi connectivity index (χ1v) is 5.95. The summed E-state index contributed by atoms with van der Waals surface area (Å²) in [4.78, 5) is 1.30. The van der Waals surface area contributed by atoms with Crippen molar-refractivity contribution in [1.82, 2.24) is 0 Å². The van der Waals surface area contributed by atoms with E-state index in [0.29, 0.717) is 0 Å². The van der Waals surface area contributed by atoms with E-state index in [4.69, 9.17) is 4.74 Å². The lowest BCUT2D eigenvalue weighted by Crippen LogP contribution is -3.17. The summed E-state index contributed by atoms with van der Waals surface area (Å²) in [5, 5.41) is 9.19. The van der Waals surface area contributed by atoms with Crippen LogP contribution in [0.15, 0.2) is 36.4 Å². The molecule has 0 unspecified atom stereocenters. The second-order valence-electron chi connectivity index (χ2n) is 4.15. The Morgan fingerprint density at radius 1 is 1.24 bits per heavy atom. The number of nitriles is 1. The van der Waals surface area contributed by atoms with Crippen LogP contribution < -0.4 is 4.90 Å². The Hall–Kier alpha value is -1.63. The smallest absolute Gasteiger partial charge is 0.194 e. The van der Waals surface area contributed by atoms with Crippen LogP contribution in [0.5, 0.6) is 0 Å². The minimum absolute atomic E-state index is 0.0703. The van der Waals surface area contributed by atoms with E-state index in [-0.39, 0.29) is 6.04 Å². The molecule has 1 aromatic carbocycles. The molecule has 1 atom stereocenters. The molecule has 1 heterocycles. The lowest BCUT2D eigenvalue weighted by Gasteiger charge is -2.25. The molecule has 17 heavy (non-hydrogen) atoms. The molecule has 0 saturated carbocycles. The molecule has 1 saturated heterocycles. The highest BCUT2D eigenvalue weighted by Gasteiger charge is 2.21. The van der Waals surface area contributed by atoms with Crippen molar-refractivity contribution < 1.29 is 9.64 Å². The van der Waals surface area contributed by atoms with Gasteiger partial charge >= 0.3 is 0 Å². The van der Waals surface area contributed by atoms with Gasteiger partial charge in [-0.3, -0.25) is 0 Å². The average Bonchev–Trinajstić information content (AvgIpc) is 2.42. The topological polar surface area (TPSA) is 37.5 Å². The molecule has 1 aliphatic heterocycles. The Kier molecular flexibility index (Phi) is 4.31. The fourth-order valence-electron chi connectivity index (χ4n) is 1.99. The molecular weight excluding hydrogens is 212 g/mol. The molecule has 1 aromatic rings. The van der Waals surface area contributed by atoms with Gasteiger partial charge in [0.15, 0.2) is 6.04 Å². The van der Waals surface area contributed by atoms with Crippen molar-refractivity contribution in [3.8, 4) is 6.07 Å². The van der Waals surface area contributed by atoms with Crippen LogP contribution in [0.2, 0.25) is 0 Å². The van der Waals surface area contributed by atoms with E-state index in [1.807, 2.05) is 42.5 Å². The molecule has 0 spiro atoms. The quantitative estimate of drug-likeness (QED) is 0.820. The van der Waals surface area contributed by atoms with E-state index >= 15 is 0 Å². The van der Waals surface area contributed by atoms with Gasteiger partial charge in [0.25, 0.3) is 0 Å². The van der Waals surface area contributed by atoms with Gasteiger partial charge in [0.2, 0.25) is 0 Å². The summed E-state index contributed by atoms with van der Waals surface area (Å²) >= 11 is 0.